The summed E-state index contributed by atoms with van der Waals surface area (Å²) in [6, 6.07) is 10.6. The van der Waals surface area contributed by atoms with Gasteiger partial charge in [-0.3, -0.25) is 0 Å². The highest BCUT2D eigenvalue weighted by molar-refractivity contribution is 5.47. The van der Waals surface area contributed by atoms with Gasteiger partial charge >= 0.3 is 6.18 Å². The Morgan fingerprint density at radius 1 is 0.950 bits per heavy atom. The van der Waals surface area contributed by atoms with Crippen LogP contribution >= 0.6 is 0 Å². The highest BCUT2D eigenvalue weighted by Gasteiger charge is 2.29. The smallest absolute Gasteiger partial charge is 0.378 e. The molecule has 1 unspecified atom stereocenters. The average Bonchev–Trinajstić information content (AvgIpc) is 2.38. The van der Waals surface area contributed by atoms with E-state index in [-0.39, 0.29) is 11.9 Å². The zero-order valence-electron chi connectivity index (χ0n) is 10.7. The van der Waals surface area contributed by atoms with Crippen molar-refractivity contribution in [2.24, 2.45) is 0 Å². The Balaban J connectivity index is 2.13. The van der Waals surface area contributed by atoms with Crippen LogP contribution in [0.2, 0.25) is 0 Å². The lowest BCUT2D eigenvalue weighted by atomic mass is 10.1. The number of alkyl halides is 3. The van der Waals surface area contributed by atoms with Crippen molar-refractivity contribution in [2.75, 3.05) is 5.32 Å². The van der Waals surface area contributed by atoms with E-state index in [9.17, 15) is 17.6 Å². The fraction of sp³-hybridized carbons (Fsp3) is 0.200. The minimum atomic E-state index is -4.35. The third-order valence-electron chi connectivity index (χ3n) is 2.97. The monoisotopic (exact) mass is 283 g/mol. The first-order valence-electron chi connectivity index (χ1n) is 6.06. The number of anilines is 1. The minimum absolute atomic E-state index is 0.340. The van der Waals surface area contributed by atoms with Crippen LogP contribution in [-0.2, 0) is 6.18 Å². The van der Waals surface area contributed by atoms with Crippen molar-refractivity contribution in [3.8, 4) is 0 Å². The summed E-state index contributed by atoms with van der Waals surface area (Å²) in [5.74, 6) is -0.348. The Morgan fingerprint density at radius 3 is 2.10 bits per heavy atom. The first-order valence-corrected chi connectivity index (χ1v) is 6.06. The van der Waals surface area contributed by atoms with E-state index in [2.05, 4.69) is 5.32 Å². The van der Waals surface area contributed by atoms with E-state index in [1.165, 1.54) is 18.2 Å². The Kier molecular flexibility index (Phi) is 3.97. The zero-order chi connectivity index (χ0) is 14.8. The lowest BCUT2D eigenvalue weighted by Crippen LogP contribution is -2.09. The van der Waals surface area contributed by atoms with E-state index in [1.54, 1.807) is 25.1 Å². The Morgan fingerprint density at radius 2 is 1.55 bits per heavy atom. The number of hydrogen-bond donors (Lipinski definition) is 1. The Labute approximate surface area is 114 Å². The van der Waals surface area contributed by atoms with Crippen LogP contribution in [-0.4, -0.2) is 0 Å². The van der Waals surface area contributed by atoms with Gasteiger partial charge in [-0.2, -0.15) is 13.2 Å². The topological polar surface area (TPSA) is 12.0 Å². The number of benzene rings is 2. The van der Waals surface area contributed by atoms with E-state index < -0.39 is 11.7 Å². The molecule has 0 aliphatic heterocycles. The largest absolute Gasteiger partial charge is 0.416 e. The molecule has 0 saturated heterocycles. The molecule has 2 aromatic rings. The molecule has 0 amide bonds. The summed E-state index contributed by atoms with van der Waals surface area (Å²) < 4.78 is 50.9. The normalized spacial score (nSPS) is 13.1. The fourth-order valence-corrected chi connectivity index (χ4v) is 1.91. The third-order valence-corrected chi connectivity index (χ3v) is 2.97. The summed E-state index contributed by atoms with van der Waals surface area (Å²) in [5, 5.41) is 2.97. The van der Waals surface area contributed by atoms with Crippen LogP contribution in [0.25, 0.3) is 0 Å². The van der Waals surface area contributed by atoms with E-state index in [4.69, 9.17) is 0 Å². The average molecular weight is 283 g/mol. The third kappa shape index (κ3) is 3.29. The van der Waals surface area contributed by atoms with Gasteiger partial charge in [0.25, 0.3) is 0 Å². The second-order valence-electron chi connectivity index (χ2n) is 4.46. The van der Waals surface area contributed by atoms with Crippen LogP contribution < -0.4 is 5.32 Å². The van der Waals surface area contributed by atoms with Crippen LogP contribution in [0.4, 0.5) is 23.2 Å². The molecule has 0 fully saturated rings. The molecule has 1 N–H and O–H groups in total. The van der Waals surface area contributed by atoms with E-state index >= 15 is 0 Å². The molecule has 0 spiro atoms. The van der Waals surface area contributed by atoms with Gasteiger partial charge in [0, 0.05) is 11.3 Å². The first kappa shape index (κ1) is 14.4. The highest BCUT2D eigenvalue weighted by atomic mass is 19.4. The summed E-state index contributed by atoms with van der Waals surface area (Å²) in [4.78, 5) is 0. The maximum absolute atomic E-state index is 13.6. The van der Waals surface area contributed by atoms with Crippen LogP contribution in [0.15, 0.2) is 48.5 Å². The zero-order valence-corrected chi connectivity index (χ0v) is 10.7. The summed E-state index contributed by atoms with van der Waals surface area (Å²) in [6.45, 7) is 1.75. The van der Waals surface area contributed by atoms with E-state index in [1.807, 2.05) is 0 Å². The van der Waals surface area contributed by atoms with Gasteiger partial charge in [-0.25, -0.2) is 4.39 Å². The second-order valence-corrected chi connectivity index (χ2v) is 4.46. The van der Waals surface area contributed by atoms with Crippen LogP contribution in [0.5, 0.6) is 0 Å². The second kappa shape index (κ2) is 5.53. The molecule has 2 rings (SSSR count). The van der Waals surface area contributed by atoms with Gasteiger partial charge in [0.15, 0.2) is 0 Å². The van der Waals surface area contributed by atoms with Crippen molar-refractivity contribution >= 4 is 5.69 Å². The molecule has 0 aromatic heterocycles. The Bertz CT molecular complexity index is 575. The van der Waals surface area contributed by atoms with Crippen LogP contribution in [0.3, 0.4) is 0 Å². The maximum atomic E-state index is 13.6. The number of rotatable bonds is 3. The molecule has 0 aliphatic rings. The summed E-state index contributed by atoms with van der Waals surface area (Å²) in [7, 11) is 0. The molecule has 0 aliphatic carbocycles. The maximum Gasteiger partial charge on any atom is 0.416 e. The van der Waals surface area contributed by atoms with Gasteiger partial charge in [-0.05, 0) is 37.3 Å². The summed E-state index contributed by atoms with van der Waals surface area (Å²) >= 11 is 0. The fourth-order valence-electron chi connectivity index (χ4n) is 1.91. The molecule has 0 saturated carbocycles. The summed E-state index contributed by atoms with van der Waals surface area (Å²) in [6.07, 6.45) is -4.35. The van der Waals surface area contributed by atoms with Crippen molar-refractivity contribution < 1.29 is 17.6 Å². The van der Waals surface area contributed by atoms with Crippen molar-refractivity contribution in [2.45, 2.75) is 19.1 Å². The predicted molar refractivity (Wildman–Crippen MR) is 69.9 cm³/mol. The molecular weight excluding hydrogens is 270 g/mol. The lowest BCUT2D eigenvalue weighted by Gasteiger charge is -2.17. The van der Waals surface area contributed by atoms with Gasteiger partial charge in [-0.15, -0.1) is 0 Å². The molecule has 5 heteroatoms. The van der Waals surface area contributed by atoms with Gasteiger partial charge in [0.1, 0.15) is 5.82 Å². The molecular formula is C15H13F4N. The number of hydrogen-bond acceptors (Lipinski definition) is 1. The quantitative estimate of drug-likeness (QED) is 0.780. The van der Waals surface area contributed by atoms with Crippen molar-refractivity contribution in [1.29, 1.82) is 0 Å². The van der Waals surface area contributed by atoms with Crippen molar-refractivity contribution in [1.82, 2.24) is 0 Å². The van der Waals surface area contributed by atoms with Crippen molar-refractivity contribution in [3.63, 3.8) is 0 Å². The number of halogens is 4. The highest BCUT2D eigenvalue weighted by Crippen LogP contribution is 2.30. The minimum Gasteiger partial charge on any atom is -0.378 e. The Hall–Kier alpha value is -2.04. The molecule has 0 bridgehead atoms. The van der Waals surface area contributed by atoms with Gasteiger partial charge in [0.2, 0.25) is 0 Å². The standard InChI is InChI=1S/C15H13F4N/c1-10(13-4-2-3-5-14(13)16)20-12-8-6-11(7-9-12)15(17,18)19/h2-10,20H,1H3. The summed E-state index contributed by atoms with van der Waals surface area (Å²) in [5.41, 5.74) is 0.266. The van der Waals surface area contributed by atoms with Crippen LogP contribution in [0.1, 0.15) is 24.1 Å². The van der Waals surface area contributed by atoms with Crippen molar-refractivity contribution in [3.05, 3.63) is 65.5 Å². The first-order chi connectivity index (χ1) is 9.38. The van der Waals surface area contributed by atoms with Gasteiger partial charge in [-0.1, -0.05) is 18.2 Å². The molecule has 20 heavy (non-hydrogen) atoms. The molecule has 106 valence electrons. The SMILES string of the molecule is CC(Nc1ccc(C(F)(F)F)cc1)c1ccccc1F. The lowest BCUT2D eigenvalue weighted by molar-refractivity contribution is -0.137. The number of nitrogens with one attached hydrogen (secondary N) is 1. The van der Waals surface area contributed by atoms with E-state index in [0.717, 1.165) is 12.1 Å². The molecule has 0 heterocycles. The van der Waals surface area contributed by atoms with Gasteiger partial charge < -0.3 is 5.32 Å². The van der Waals surface area contributed by atoms with Crippen LogP contribution in [0, 0.1) is 5.82 Å². The molecule has 2 aromatic carbocycles. The molecule has 1 nitrogen and oxygen atoms in total. The molecule has 1 atom stereocenters. The van der Waals surface area contributed by atoms with Gasteiger partial charge in [0.05, 0.1) is 11.6 Å². The molecule has 0 radical (unpaired) electrons. The van der Waals surface area contributed by atoms with E-state index in [0.29, 0.717) is 11.3 Å². The predicted octanol–water partition coefficient (Wildman–Crippen LogP) is 5.02.